The zero-order chi connectivity index (χ0) is 19.4. The molecule has 0 aliphatic carbocycles. The van der Waals surface area contributed by atoms with Gasteiger partial charge in [0.2, 0.25) is 0 Å². The number of aryl methyl sites for hydroxylation is 1. The molecule has 1 aromatic heterocycles. The molecule has 0 unspecified atom stereocenters. The quantitative estimate of drug-likeness (QED) is 0.372. The van der Waals surface area contributed by atoms with Gasteiger partial charge in [0, 0.05) is 17.0 Å². The summed E-state index contributed by atoms with van der Waals surface area (Å²) in [6, 6.07) is 13.9. The lowest BCUT2D eigenvalue weighted by Gasteiger charge is -2.06. The maximum Gasteiger partial charge on any atom is 0.262 e. The number of aromatic nitrogens is 1. The van der Waals surface area contributed by atoms with Crippen LogP contribution in [0.25, 0.3) is 22.9 Å². The summed E-state index contributed by atoms with van der Waals surface area (Å²) in [6.45, 7) is 2.09. The molecule has 3 aromatic rings. The van der Waals surface area contributed by atoms with Gasteiger partial charge in [-0.1, -0.05) is 43.3 Å². The van der Waals surface area contributed by atoms with Crippen molar-refractivity contribution in [1.82, 2.24) is 4.98 Å². The maximum atomic E-state index is 11.5. The predicted molar refractivity (Wildman–Crippen MR) is 103 cm³/mol. The van der Waals surface area contributed by atoms with Crippen LogP contribution < -0.4 is 5.11 Å². The molecule has 0 aliphatic heterocycles. The van der Waals surface area contributed by atoms with Crippen molar-refractivity contribution in [2.45, 2.75) is 13.3 Å². The highest BCUT2D eigenvalue weighted by molar-refractivity contribution is 7.11. The van der Waals surface area contributed by atoms with Gasteiger partial charge in [-0.15, -0.1) is 11.3 Å². The molecule has 0 amide bonds. The third-order valence-electron chi connectivity index (χ3n) is 4.00. The van der Waals surface area contributed by atoms with E-state index in [1.54, 1.807) is 0 Å². The highest BCUT2D eigenvalue weighted by Gasteiger charge is 2.11. The number of benzene rings is 2. The molecular formula is C20H14N3O3S-. The van der Waals surface area contributed by atoms with E-state index in [0.29, 0.717) is 10.6 Å². The van der Waals surface area contributed by atoms with Crippen molar-refractivity contribution in [1.29, 1.82) is 5.26 Å². The SMILES string of the molecule is CCc1ccc(-c2csc(C(C#N)=Cc3ccc([O-])c([N+](=O)[O-])c3)n2)cc1. The first kappa shape index (κ1) is 18.3. The highest BCUT2D eigenvalue weighted by Crippen LogP contribution is 2.29. The van der Waals surface area contributed by atoms with Gasteiger partial charge in [-0.25, -0.2) is 4.98 Å². The van der Waals surface area contributed by atoms with Gasteiger partial charge in [0.15, 0.2) is 0 Å². The van der Waals surface area contributed by atoms with Gasteiger partial charge in [-0.3, -0.25) is 10.1 Å². The van der Waals surface area contributed by atoms with Gasteiger partial charge in [0.25, 0.3) is 5.69 Å². The number of allylic oxidation sites excluding steroid dienone is 1. The Morgan fingerprint density at radius 3 is 2.67 bits per heavy atom. The van der Waals surface area contributed by atoms with Crippen LogP contribution >= 0.6 is 11.3 Å². The Morgan fingerprint density at radius 2 is 2.04 bits per heavy atom. The van der Waals surface area contributed by atoms with Gasteiger partial charge in [0.1, 0.15) is 11.1 Å². The van der Waals surface area contributed by atoms with Crippen molar-refractivity contribution in [2.24, 2.45) is 0 Å². The number of nitrogens with zero attached hydrogens (tertiary/aromatic N) is 3. The summed E-state index contributed by atoms with van der Waals surface area (Å²) in [5.74, 6) is -0.664. The molecule has 6 nitrogen and oxygen atoms in total. The van der Waals surface area contributed by atoms with Crippen molar-refractivity contribution in [3.63, 3.8) is 0 Å². The van der Waals surface area contributed by atoms with Gasteiger partial charge in [-0.05, 0) is 29.4 Å². The normalized spacial score (nSPS) is 11.2. The molecule has 0 N–H and O–H groups in total. The topological polar surface area (TPSA) is 103 Å². The third kappa shape index (κ3) is 4.02. The summed E-state index contributed by atoms with van der Waals surface area (Å²) in [7, 11) is 0. The first-order valence-electron chi connectivity index (χ1n) is 8.14. The Kier molecular flexibility index (Phi) is 5.29. The molecule has 27 heavy (non-hydrogen) atoms. The third-order valence-corrected chi connectivity index (χ3v) is 4.88. The van der Waals surface area contributed by atoms with Crippen LogP contribution in [-0.4, -0.2) is 9.91 Å². The van der Waals surface area contributed by atoms with Gasteiger partial charge >= 0.3 is 0 Å². The fraction of sp³-hybridized carbons (Fsp3) is 0.100. The maximum absolute atomic E-state index is 11.5. The minimum atomic E-state index is -0.729. The lowest BCUT2D eigenvalue weighted by molar-refractivity contribution is -0.398. The Hall–Kier alpha value is -3.50. The standard InChI is InChI=1S/C20H15N3O3S/c1-2-13-3-6-15(7-4-13)17-12-27-20(22-17)16(11-21)9-14-5-8-19(24)18(10-14)23(25)26/h3-10,12,24H,2H2,1H3/p-1. The average Bonchev–Trinajstić information content (AvgIpc) is 3.17. The molecule has 0 fully saturated rings. The monoisotopic (exact) mass is 376 g/mol. The summed E-state index contributed by atoms with van der Waals surface area (Å²) < 4.78 is 0. The Bertz CT molecular complexity index is 1060. The fourth-order valence-electron chi connectivity index (χ4n) is 2.52. The van der Waals surface area contributed by atoms with Crippen molar-refractivity contribution in [2.75, 3.05) is 0 Å². The van der Waals surface area contributed by atoms with E-state index in [2.05, 4.69) is 18.0 Å². The average molecular weight is 376 g/mol. The molecule has 0 saturated heterocycles. The number of nitro groups is 1. The van der Waals surface area contributed by atoms with E-state index in [1.807, 2.05) is 29.6 Å². The van der Waals surface area contributed by atoms with Crippen LogP contribution in [0.1, 0.15) is 23.1 Å². The zero-order valence-electron chi connectivity index (χ0n) is 14.4. The number of nitriles is 1. The second kappa shape index (κ2) is 7.81. The predicted octanol–water partition coefficient (Wildman–Crippen LogP) is 4.42. The number of hydrogen-bond acceptors (Lipinski definition) is 6. The number of hydrogen-bond donors (Lipinski definition) is 0. The van der Waals surface area contributed by atoms with Gasteiger partial charge in [0.05, 0.1) is 16.2 Å². The van der Waals surface area contributed by atoms with E-state index in [-0.39, 0.29) is 5.57 Å². The van der Waals surface area contributed by atoms with Crippen LogP contribution in [0.15, 0.2) is 47.8 Å². The van der Waals surface area contributed by atoms with Crippen molar-refractivity contribution in [3.05, 3.63) is 74.1 Å². The summed E-state index contributed by atoms with van der Waals surface area (Å²) in [5.41, 5.74) is 3.12. The Morgan fingerprint density at radius 1 is 1.30 bits per heavy atom. The molecule has 0 bridgehead atoms. The summed E-state index contributed by atoms with van der Waals surface area (Å²) >= 11 is 1.32. The van der Waals surface area contributed by atoms with E-state index >= 15 is 0 Å². The van der Waals surface area contributed by atoms with Crippen molar-refractivity contribution in [3.8, 4) is 23.1 Å². The molecule has 0 spiro atoms. The van der Waals surface area contributed by atoms with E-state index in [9.17, 15) is 20.5 Å². The van der Waals surface area contributed by atoms with Crippen LogP contribution in [-0.2, 0) is 6.42 Å². The second-order valence-corrected chi connectivity index (χ2v) is 6.60. The number of nitro benzene ring substituents is 1. The lowest BCUT2D eigenvalue weighted by Crippen LogP contribution is -1.97. The first-order valence-corrected chi connectivity index (χ1v) is 9.02. The van der Waals surface area contributed by atoms with E-state index in [0.717, 1.165) is 29.8 Å². The van der Waals surface area contributed by atoms with E-state index in [4.69, 9.17) is 0 Å². The molecule has 0 saturated carbocycles. The van der Waals surface area contributed by atoms with Crippen LogP contribution in [0.2, 0.25) is 0 Å². The Labute approximate surface area is 159 Å². The smallest absolute Gasteiger partial charge is 0.262 e. The molecule has 0 radical (unpaired) electrons. The summed E-state index contributed by atoms with van der Waals surface area (Å²) in [5, 5.41) is 34.3. The number of thiazole rings is 1. The van der Waals surface area contributed by atoms with Crippen molar-refractivity contribution >= 4 is 28.7 Å². The molecular weight excluding hydrogens is 362 g/mol. The van der Waals surface area contributed by atoms with Gasteiger partial charge < -0.3 is 5.11 Å². The zero-order valence-corrected chi connectivity index (χ0v) is 15.2. The van der Waals surface area contributed by atoms with Crippen LogP contribution in [0.3, 0.4) is 0 Å². The molecule has 1 heterocycles. The van der Waals surface area contributed by atoms with E-state index < -0.39 is 16.4 Å². The molecule has 0 atom stereocenters. The summed E-state index contributed by atoms with van der Waals surface area (Å²) in [4.78, 5) is 14.7. The minimum Gasteiger partial charge on any atom is -0.868 e. The largest absolute Gasteiger partial charge is 0.868 e. The summed E-state index contributed by atoms with van der Waals surface area (Å²) in [6.07, 6.45) is 2.45. The van der Waals surface area contributed by atoms with Crippen LogP contribution in [0.4, 0.5) is 5.69 Å². The number of rotatable bonds is 5. The van der Waals surface area contributed by atoms with Crippen LogP contribution in [0, 0.1) is 21.4 Å². The second-order valence-electron chi connectivity index (χ2n) is 5.74. The van der Waals surface area contributed by atoms with Crippen molar-refractivity contribution < 1.29 is 10.0 Å². The molecule has 2 aromatic carbocycles. The molecule has 7 heteroatoms. The Balaban J connectivity index is 1.93. The first-order chi connectivity index (χ1) is 13.0. The molecule has 0 aliphatic rings. The lowest BCUT2D eigenvalue weighted by atomic mass is 10.1. The van der Waals surface area contributed by atoms with E-state index in [1.165, 1.54) is 29.0 Å². The molecule has 3 rings (SSSR count). The van der Waals surface area contributed by atoms with Gasteiger partial charge in [-0.2, -0.15) is 5.26 Å². The fourth-order valence-corrected chi connectivity index (χ4v) is 3.31. The minimum absolute atomic E-state index is 0.282. The molecule has 134 valence electrons. The highest BCUT2D eigenvalue weighted by atomic mass is 32.1. The van der Waals surface area contributed by atoms with Crippen LogP contribution in [0.5, 0.6) is 5.75 Å².